The maximum atomic E-state index is 12.1. The molecule has 88 valence electrons. The van der Waals surface area contributed by atoms with E-state index in [-0.39, 0.29) is 5.78 Å². The van der Waals surface area contributed by atoms with Crippen molar-refractivity contribution in [3.63, 3.8) is 0 Å². The Hall–Kier alpha value is -1.61. The highest BCUT2D eigenvalue weighted by Crippen LogP contribution is 2.18. The van der Waals surface area contributed by atoms with E-state index in [1.807, 2.05) is 0 Å². The number of hydrogen-bond donors (Lipinski definition) is 0. The van der Waals surface area contributed by atoms with E-state index in [9.17, 15) is 4.79 Å². The lowest BCUT2D eigenvalue weighted by molar-refractivity contribution is 0.103. The van der Waals surface area contributed by atoms with Crippen LogP contribution in [0.15, 0.2) is 36.7 Å². The van der Waals surface area contributed by atoms with Gasteiger partial charge in [0.15, 0.2) is 5.78 Å². The van der Waals surface area contributed by atoms with E-state index in [0.29, 0.717) is 16.1 Å². The number of carbonyl (C=O) groups excluding carboxylic acids is 1. The molecule has 0 aliphatic heterocycles. The van der Waals surface area contributed by atoms with Crippen LogP contribution >= 0.6 is 11.6 Å². The van der Waals surface area contributed by atoms with E-state index >= 15 is 0 Å². The zero-order chi connectivity index (χ0) is 12.3. The summed E-state index contributed by atoms with van der Waals surface area (Å²) in [5.74, 6) is -0.0852. The quantitative estimate of drug-likeness (QED) is 0.779. The number of benzene rings is 1. The molecule has 2 aromatic rings. The van der Waals surface area contributed by atoms with Crippen LogP contribution in [0.5, 0.6) is 0 Å². The molecule has 0 radical (unpaired) electrons. The first kappa shape index (κ1) is 11.9. The third-order valence-corrected chi connectivity index (χ3v) is 2.80. The number of aryl methyl sites for hydroxylation is 1. The van der Waals surface area contributed by atoms with Gasteiger partial charge in [0.05, 0.1) is 16.8 Å². The highest BCUT2D eigenvalue weighted by Gasteiger charge is 2.13. The summed E-state index contributed by atoms with van der Waals surface area (Å²) in [4.78, 5) is 12.1. The predicted octanol–water partition coefficient (Wildman–Crippen LogP) is 3.18. The van der Waals surface area contributed by atoms with E-state index in [4.69, 9.17) is 11.6 Å². The lowest BCUT2D eigenvalue weighted by Crippen LogP contribution is -2.01. The Morgan fingerprint density at radius 2 is 2.18 bits per heavy atom. The second-order valence-corrected chi connectivity index (χ2v) is 4.21. The van der Waals surface area contributed by atoms with Gasteiger partial charge in [-0.2, -0.15) is 5.10 Å². The molecule has 0 bridgehead atoms. The molecule has 1 aromatic carbocycles. The van der Waals surface area contributed by atoms with Crippen LogP contribution in [-0.4, -0.2) is 15.6 Å². The fourth-order valence-corrected chi connectivity index (χ4v) is 1.85. The van der Waals surface area contributed by atoms with Crippen LogP contribution in [0.1, 0.15) is 29.3 Å². The Morgan fingerprint density at radius 3 is 2.88 bits per heavy atom. The van der Waals surface area contributed by atoms with E-state index in [1.165, 1.54) is 0 Å². The highest BCUT2D eigenvalue weighted by atomic mass is 35.5. The fourth-order valence-electron chi connectivity index (χ4n) is 1.63. The van der Waals surface area contributed by atoms with Crippen LogP contribution in [0.3, 0.4) is 0 Å². The topological polar surface area (TPSA) is 34.9 Å². The Labute approximate surface area is 105 Å². The van der Waals surface area contributed by atoms with Gasteiger partial charge in [0.2, 0.25) is 0 Å². The lowest BCUT2D eigenvalue weighted by Gasteiger charge is -2.00. The number of carbonyl (C=O) groups is 1. The Balaban J connectivity index is 2.28. The molecule has 0 spiro atoms. The van der Waals surface area contributed by atoms with Crippen molar-refractivity contribution >= 4 is 17.4 Å². The van der Waals surface area contributed by atoms with Crippen molar-refractivity contribution in [3.8, 4) is 0 Å². The summed E-state index contributed by atoms with van der Waals surface area (Å²) in [7, 11) is 0. The molecule has 0 aliphatic carbocycles. The summed E-state index contributed by atoms with van der Waals surface area (Å²) in [6.45, 7) is 2.88. The van der Waals surface area contributed by atoms with Crippen LogP contribution in [0, 0.1) is 0 Å². The zero-order valence-electron chi connectivity index (χ0n) is 9.56. The molecule has 0 atom stereocenters. The molecule has 3 nitrogen and oxygen atoms in total. The smallest absolute Gasteiger partial charge is 0.197 e. The second-order valence-electron chi connectivity index (χ2n) is 3.80. The van der Waals surface area contributed by atoms with Gasteiger partial charge in [0.1, 0.15) is 0 Å². The van der Waals surface area contributed by atoms with E-state index in [2.05, 4.69) is 12.0 Å². The number of ketones is 1. The maximum absolute atomic E-state index is 12.1. The van der Waals surface area contributed by atoms with E-state index in [0.717, 1.165) is 13.0 Å². The van der Waals surface area contributed by atoms with Crippen molar-refractivity contribution in [2.75, 3.05) is 0 Å². The van der Waals surface area contributed by atoms with Gasteiger partial charge in [-0.25, -0.2) is 0 Å². The minimum absolute atomic E-state index is 0.0852. The van der Waals surface area contributed by atoms with Crippen molar-refractivity contribution in [1.29, 1.82) is 0 Å². The van der Waals surface area contributed by atoms with Crippen molar-refractivity contribution in [2.45, 2.75) is 19.9 Å². The van der Waals surface area contributed by atoms with Crippen LogP contribution in [-0.2, 0) is 6.54 Å². The third-order valence-electron chi connectivity index (χ3n) is 2.47. The minimum atomic E-state index is -0.0852. The summed E-state index contributed by atoms with van der Waals surface area (Å²) in [6.07, 6.45) is 4.33. The number of nitrogens with zero attached hydrogens (tertiary/aromatic N) is 2. The molecule has 0 unspecified atom stereocenters. The van der Waals surface area contributed by atoms with Crippen molar-refractivity contribution in [2.24, 2.45) is 0 Å². The maximum Gasteiger partial charge on any atom is 0.197 e. The summed E-state index contributed by atoms with van der Waals surface area (Å²) in [6, 6.07) is 7.04. The Kier molecular flexibility index (Phi) is 3.59. The number of halogens is 1. The summed E-state index contributed by atoms with van der Waals surface area (Å²) < 4.78 is 1.77. The zero-order valence-corrected chi connectivity index (χ0v) is 10.3. The standard InChI is InChI=1S/C13H13ClN2O/c1-2-7-16-9-10(8-15-16)13(17)11-5-3-4-6-12(11)14/h3-6,8-9H,2,7H2,1H3. The van der Waals surface area contributed by atoms with Gasteiger partial charge in [-0.3, -0.25) is 9.48 Å². The molecule has 1 aromatic heterocycles. The molecule has 4 heteroatoms. The average Bonchev–Trinajstić information content (AvgIpc) is 2.78. The van der Waals surface area contributed by atoms with E-state index in [1.54, 1.807) is 41.3 Å². The molecular formula is C13H13ClN2O. The Bertz CT molecular complexity index is 534. The van der Waals surface area contributed by atoms with Crippen LogP contribution in [0.25, 0.3) is 0 Å². The van der Waals surface area contributed by atoms with Gasteiger partial charge in [-0.1, -0.05) is 30.7 Å². The molecule has 17 heavy (non-hydrogen) atoms. The molecule has 2 rings (SSSR count). The minimum Gasteiger partial charge on any atom is -0.288 e. The summed E-state index contributed by atoms with van der Waals surface area (Å²) >= 11 is 5.99. The van der Waals surface area contributed by atoms with Gasteiger partial charge in [-0.15, -0.1) is 0 Å². The molecular weight excluding hydrogens is 236 g/mol. The molecule has 0 amide bonds. The average molecular weight is 249 g/mol. The first-order valence-electron chi connectivity index (χ1n) is 5.54. The SMILES string of the molecule is CCCn1cc(C(=O)c2ccccc2Cl)cn1. The van der Waals surface area contributed by atoms with Crippen molar-refractivity contribution in [3.05, 3.63) is 52.8 Å². The van der Waals surface area contributed by atoms with Crippen LogP contribution in [0.2, 0.25) is 5.02 Å². The molecule has 1 heterocycles. The van der Waals surface area contributed by atoms with Gasteiger partial charge < -0.3 is 0 Å². The van der Waals surface area contributed by atoms with Gasteiger partial charge >= 0.3 is 0 Å². The molecule has 0 aliphatic rings. The number of hydrogen-bond acceptors (Lipinski definition) is 2. The van der Waals surface area contributed by atoms with Gasteiger partial charge in [0.25, 0.3) is 0 Å². The highest BCUT2D eigenvalue weighted by molar-refractivity contribution is 6.34. The van der Waals surface area contributed by atoms with E-state index < -0.39 is 0 Å². The Morgan fingerprint density at radius 1 is 1.41 bits per heavy atom. The summed E-state index contributed by atoms with van der Waals surface area (Å²) in [5, 5.41) is 4.61. The predicted molar refractivity (Wildman–Crippen MR) is 67.4 cm³/mol. The van der Waals surface area contributed by atoms with Crippen molar-refractivity contribution in [1.82, 2.24) is 9.78 Å². The second kappa shape index (κ2) is 5.15. The number of rotatable bonds is 4. The van der Waals surface area contributed by atoms with Gasteiger partial charge in [-0.05, 0) is 18.6 Å². The first-order chi connectivity index (χ1) is 8.22. The van der Waals surface area contributed by atoms with Crippen molar-refractivity contribution < 1.29 is 4.79 Å². The lowest BCUT2D eigenvalue weighted by atomic mass is 10.1. The monoisotopic (exact) mass is 248 g/mol. The molecule has 0 N–H and O–H groups in total. The fraction of sp³-hybridized carbons (Fsp3) is 0.231. The van der Waals surface area contributed by atoms with Crippen LogP contribution < -0.4 is 0 Å². The first-order valence-corrected chi connectivity index (χ1v) is 5.92. The number of aromatic nitrogens is 2. The molecule has 0 fully saturated rings. The van der Waals surface area contributed by atoms with Crippen LogP contribution in [0.4, 0.5) is 0 Å². The summed E-state index contributed by atoms with van der Waals surface area (Å²) in [5.41, 5.74) is 1.09. The molecule has 0 saturated heterocycles. The normalized spacial score (nSPS) is 10.5. The largest absolute Gasteiger partial charge is 0.288 e. The third kappa shape index (κ3) is 2.56. The molecule has 0 saturated carbocycles. The van der Waals surface area contributed by atoms with Gasteiger partial charge in [0, 0.05) is 18.3 Å².